The summed E-state index contributed by atoms with van der Waals surface area (Å²) in [6.45, 7) is 14.5. The number of phosphoric ester groups is 1. The van der Waals surface area contributed by atoms with Crippen LogP contribution in [0.2, 0.25) is 0 Å². The van der Waals surface area contributed by atoms with Crippen molar-refractivity contribution >= 4 is 13.8 Å². The molecule has 0 aromatic heterocycles. The van der Waals surface area contributed by atoms with E-state index >= 15 is 0 Å². The zero-order valence-corrected chi connectivity index (χ0v) is 25.2. The summed E-state index contributed by atoms with van der Waals surface area (Å²) in [6.07, 6.45) is 9.74. The highest BCUT2D eigenvalue weighted by atomic mass is 31.2. The molecule has 0 radical (unpaired) electrons. The molecule has 8 heteroatoms. The molecule has 0 saturated heterocycles. The number of carbonyl (C=O) groups excluding carboxylic acids is 1. The number of allylic oxidation sites excluding steroid dienone is 3. The molecule has 1 unspecified atom stereocenters. The van der Waals surface area contributed by atoms with Gasteiger partial charge in [-0.2, -0.15) is 0 Å². The van der Waals surface area contributed by atoms with Crippen LogP contribution < -0.4 is 4.74 Å². The lowest BCUT2D eigenvalue weighted by molar-refractivity contribution is -0.145. The van der Waals surface area contributed by atoms with Crippen LogP contribution in [0.3, 0.4) is 0 Å². The molecule has 218 valence electrons. The van der Waals surface area contributed by atoms with E-state index in [2.05, 4.69) is 33.4 Å². The third-order valence-corrected chi connectivity index (χ3v) is 8.92. The minimum atomic E-state index is -4.48. The molecular weight excluding hydrogens is 515 g/mol. The Morgan fingerprint density at radius 2 is 1.85 bits per heavy atom. The molecule has 1 fully saturated rings. The first-order valence-corrected chi connectivity index (χ1v) is 16.0. The number of ether oxygens (including phenoxy) is 1. The second-order valence-electron chi connectivity index (χ2n) is 11.5. The SMILES string of the molecule is C=C(C)[C@@H]1CCC(C)=C[C@H]1c1c(O)cc(CCC)cc1OC(=O)C1(OP(=O)(O)OCC(CCC)CCC)CC1. The first-order chi connectivity index (χ1) is 18.4. The van der Waals surface area contributed by atoms with Gasteiger partial charge in [-0.3, -0.25) is 9.05 Å². The molecule has 0 spiro atoms. The Balaban J connectivity index is 1.86. The van der Waals surface area contributed by atoms with E-state index in [-0.39, 0.29) is 48.7 Å². The van der Waals surface area contributed by atoms with Crippen LogP contribution in [0.25, 0.3) is 0 Å². The average Bonchev–Trinajstić information content (AvgIpc) is 3.63. The Bertz CT molecular complexity index is 1100. The zero-order chi connectivity index (χ0) is 28.8. The van der Waals surface area contributed by atoms with E-state index in [1.807, 2.05) is 13.8 Å². The van der Waals surface area contributed by atoms with Crippen LogP contribution in [0.15, 0.2) is 35.9 Å². The minimum absolute atomic E-state index is 0.0748. The van der Waals surface area contributed by atoms with Gasteiger partial charge in [0.2, 0.25) is 0 Å². The van der Waals surface area contributed by atoms with Crippen LogP contribution in [-0.4, -0.2) is 28.2 Å². The van der Waals surface area contributed by atoms with E-state index in [4.69, 9.17) is 13.8 Å². The lowest BCUT2D eigenvalue weighted by atomic mass is 9.73. The van der Waals surface area contributed by atoms with Gasteiger partial charge in [-0.1, -0.05) is 63.8 Å². The van der Waals surface area contributed by atoms with E-state index in [0.29, 0.717) is 12.0 Å². The van der Waals surface area contributed by atoms with Gasteiger partial charge >= 0.3 is 13.8 Å². The maximum absolute atomic E-state index is 13.5. The summed E-state index contributed by atoms with van der Waals surface area (Å²) in [5.41, 5.74) is 2.07. The molecule has 2 aliphatic rings. The van der Waals surface area contributed by atoms with E-state index in [1.54, 1.807) is 12.1 Å². The third-order valence-electron chi connectivity index (χ3n) is 7.87. The van der Waals surface area contributed by atoms with Crippen molar-refractivity contribution in [3.8, 4) is 11.5 Å². The van der Waals surface area contributed by atoms with Crippen molar-refractivity contribution in [3.05, 3.63) is 47.1 Å². The van der Waals surface area contributed by atoms with Gasteiger partial charge in [0.1, 0.15) is 11.5 Å². The van der Waals surface area contributed by atoms with Crippen molar-refractivity contribution in [2.75, 3.05) is 6.61 Å². The topological polar surface area (TPSA) is 102 Å². The number of rotatable bonds is 15. The van der Waals surface area contributed by atoms with E-state index in [0.717, 1.165) is 56.1 Å². The van der Waals surface area contributed by atoms with Gasteiger partial charge in [-0.15, -0.1) is 0 Å². The number of esters is 1. The number of carbonyl (C=O) groups is 1. The summed E-state index contributed by atoms with van der Waals surface area (Å²) in [6, 6.07) is 3.54. The summed E-state index contributed by atoms with van der Waals surface area (Å²) < 4.78 is 29.6. The smallest absolute Gasteiger partial charge is 0.473 e. The molecule has 0 bridgehead atoms. The standard InChI is InChI=1S/C31H47O7P/c1-7-10-23(11-8-2)20-36-39(34,35)38-31(15-16-31)30(33)37-28-19-24(12-9-3)18-27(32)29(28)26-17-22(6)13-14-25(26)21(4)5/h17-19,23,25-26,32H,4,7-16,20H2,1-3,5-6H3,(H,34,35)/t25-,26+/m0/s1. The fraction of sp³-hybridized carbons (Fsp3) is 0.645. The van der Waals surface area contributed by atoms with Crippen LogP contribution in [0.5, 0.6) is 11.5 Å². The largest absolute Gasteiger partial charge is 0.507 e. The molecule has 39 heavy (non-hydrogen) atoms. The number of phosphoric acid groups is 1. The molecular formula is C31H47O7P. The predicted octanol–water partition coefficient (Wildman–Crippen LogP) is 8.15. The average molecular weight is 563 g/mol. The molecule has 2 aliphatic carbocycles. The Morgan fingerprint density at radius 3 is 2.41 bits per heavy atom. The summed E-state index contributed by atoms with van der Waals surface area (Å²) in [4.78, 5) is 23.9. The Morgan fingerprint density at radius 1 is 1.18 bits per heavy atom. The molecule has 7 nitrogen and oxygen atoms in total. The summed E-state index contributed by atoms with van der Waals surface area (Å²) in [5, 5.41) is 11.2. The molecule has 0 heterocycles. The lowest BCUT2D eigenvalue weighted by Crippen LogP contribution is -2.31. The number of aryl methyl sites for hydroxylation is 1. The van der Waals surface area contributed by atoms with Crippen LogP contribution in [0, 0.1) is 11.8 Å². The summed E-state index contributed by atoms with van der Waals surface area (Å²) in [5.74, 6) is -0.355. The van der Waals surface area contributed by atoms with Crippen LogP contribution in [0.1, 0.15) is 109 Å². The summed E-state index contributed by atoms with van der Waals surface area (Å²) >= 11 is 0. The lowest BCUT2D eigenvalue weighted by Gasteiger charge is -2.32. The quantitative estimate of drug-likeness (QED) is 0.0962. The molecule has 1 saturated carbocycles. The van der Waals surface area contributed by atoms with Crippen LogP contribution in [0.4, 0.5) is 0 Å². The van der Waals surface area contributed by atoms with Crippen LogP contribution in [-0.2, 0) is 24.8 Å². The Kier molecular flexibility index (Phi) is 11.0. The number of phenols is 1. The monoisotopic (exact) mass is 562 g/mol. The zero-order valence-electron chi connectivity index (χ0n) is 24.3. The highest BCUT2D eigenvalue weighted by Gasteiger charge is 2.58. The van der Waals surface area contributed by atoms with E-state index < -0.39 is 19.4 Å². The van der Waals surface area contributed by atoms with Gasteiger partial charge in [-0.25, -0.2) is 9.36 Å². The molecule has 0 amide bonds. The predicted molar refractivity (Wildman–Crippen MR) is 154 cm³/mol. The van der Waals surface area contributed by atoms with Crippen molar-refractivity contribution in [3.63, 3.8) is 0 Å². The van der Waals surface area contributed by atoms with Gasteiger partial charge in [-0.05, 0) is 88.3 Å². The highest BCUT2D eigenvalue weighted by molar-refractivity contribution is 7.47. The van der Waals surface area contributed by atoms with Crippen molar-refractivity contribution in [1.29, 1.82) is 0 Å². The first-order valence-electron chi connectivity index (χ1n) is 14.5. The molecule has 1 aromatic carbocycles. The molecule has 1 aromatic rings. The minimum Gasteiger partial charge on any atom is -0.507 e. The molecule has 3 rings (SSSR count). The third kappa shape index (κ3) is 8.29. The number of aromatic hydroxyl groups is 1. The molecule has 0 aliphatic heterocycles. The van der Waals surface area contributed by atoms with Gasteiger partial charge in [0.15, 0.2) is 5.60 Å². The fourth-order valence-electron chi connectivity index (χ4n) is 5.64. The molecule has 3 atom stereocenters. The van der Waals surface area contributed by atoms with Crippen LogP contribution >= 0.6 is 7.82 Å². The van der Waals surface area contributed by atoms with Gasteiger partial charge < -0.3 is 14.7 Å². The molecule has 2 N–H and O–H groups in total. The van der Waals surface area contributed by atoms with Gasteiger partial charge in [0.25, 0.3) is 0 Å². The van der Waals surface area contributed by atoms with Crippen molar-refractivity contribution in [2.24, 2.45) is 11.8 Å². The maximum atomic E-state index is 13.5. The van der Waals surface area contributed by atoms with Gasteiger partial charge in [0, 0.05) is 11.5 Å². The van der Waals surface area contributed by atoms with Crippen molar-refractivity contribution < 1.29 is 33.1 Å². The maximum Gasteiger partial charge on any atom is 0.473 e. The normalized spacial score (nSPS) is 21.8. The fourth-order valence-corrected chi connectivity index (χ4v) is 6.79. The van der Waals surface area contributed by atoms with Crippen molar-refractivity contribution in [2.45, 2.75) is 110 Å². The second kappa shape index (κ2) is 13.6. The van der Waals surface area contributed by atoms with Gasteiger partial charge in [0.05, 0.1) is 6.61 Å². The number of benzene rings is 1. The Labute approximate surface area is 234 Å². The number of hydrogen-bond donors (Lipinski definition) is 2. The second-order valence-corrected chi connectivity index (χ2v) is 12.9. The Hall–Kier alpha value is -1.92. The van der Waals surface area contributed by atoms with E-state index in [9.17, 15) is 19.4 Å². The number of hydrogen-bond acceptors (Lipinski definition) is 6. The summed E-state index contributed by atoms with van der Waals surface area (Å²) in [7, 11) is -4.48. The van der Waals surface area contributed by atoms with Crippen molar-refractivity contribution in [1.82, 2.24) is 0 Å². The highest BCUT2D eigenvalue weighted by Crippen LogP contribution is 2.56. The first kappa shape index (κ1) is 31.6. The number of phenolic OH excluding ortho intramolecular Hbond substituents is 1. The van der Waals surface area contributed by atoms with E-state index in [1.165, 1.54) is 5.57 Å².